The second-order valence-electron chi connectivity index (χ2n) is 5.57. The van der Waals surface area contributed by atoms with Gasteiger partial charge in [0.25, 0.3) is 0 Å². The van der Waals surface area contributed by atoms with Gasteiger partial charge in [-0.25, -0.2) is 0 Å². The van der Waals surface area contributed by atoms with Crippen LogP contribution < -0.4 is 10.2 Å². The highest BCUT2D eigenvalue weighted by atomic mass is 16.5. The predicted octanol–water partition coefficient (Wildman–Crippen LogP) is 4.96. The minimum absolute atomic E-state index is 0.413. The number of hydrazone groups is 1. The normalized spacial score (nSPS) is 11.1. The average Bonchev–Trinajstić information content (AvgIpc) is 2.50. The van der Waals surface area contributed by atoms with E-state index < -0.39 is 0 Å². The lowest BCUT2D eigenvalue weighted by Crippen LogP contribution is -2.02. The maximum atomic E-state index is 5.75. The van der Waals surface area contributed by atoms with E-state index in [9.17, 15) is 0 Å². The van der Waals surface area contributed by atoms with E-state index in [0.717, 1.165) is 22.6 Å². The molecule has 0 amide bonds. The molecule has 2 aromatic rings. The Morgan fingerprint density at radius 2 is 1.91 bits per heavy atom. The molecule has 0 saturated heterocycles. The van der Waals surface area contributed by atoms with E-state index in [1.54, 1.807) is 0 Å². The van der Waals surface area contributed by atoms with Crippen molar-refractivity contribution in [2.75, 3.05) is 12.0 Å². The molecule has 0 spiro atoms. The Morgan fingerprint density at radius 1 is 1.18 bits per heavy atom. The zero-order valence-electron chi connectivity index (χ0n) is 13.8. The third-order valence-corrected chi connectivity index (χ3v) is 3.49. The molecule has 3 nitrogen and oxygen atoms in total. The monoisotopic (exact) mass is 296 g/mol. The lowest BCUT2D eigenvalue weighted by atomic mass is 9.97. The van der Waals surface area contributed by atoms with Crippen molar-refractivity contribution in [3.05, 3.63) is 59.2 Å². The van der Waals surface area contributed by atoms with Crippen LogP contribution in [0.15, 0.2) is 47.6 Å². The summed E-state index contributed by atoms with van der Waals surface area (Å²) in [5, 5.41) is 4.33. The minimum Gasteiger partial charge on any atom is -0.494 e. The van der Waals surface area contributed by atoms with E-state index in [4.69, 9.17) is 4.74 Å². The zero-order valence-corrected chi connectivity index (χ0v) is 13.8. The van der Waals surface area contributed by atoms with Gasteiger partial charge in [-0.1, -0.05) is 32.0 Å². The van der Waals surface area contributed by atoms with Gasteiger partial charge < -0.3 is 4.74 Å². The summed E-state index contributed by atoms with van der Waals surface area (Å²) < 4.78 is 5.75. The molecule has 0 aromatic heterocycles. The number of hydrogen-bond donors (Lipinski definition) is 1. The zero-order chi connectivity index (χ0) is 15.9. The van der Waals surface area contributed by atoms with Crippen molar-refractivity contribution >= 4 is 11.9 Å². The quantitative estimate of drug-likeness (QED) is 0.603. The van der Waals surface area contributed by atoms with Crippen LogP contribution in [0.4, 0.5) is 5.69 Å². The highest BCUT2D eigenvalue weighted by Crippen LogP contribution is 2.29. The number of para-hydroxylation sites is 1. The number of aryl methyl sites for hydroxylation is 1. The van der Waals surface area contributed by atoms with Gasteiger partial charge in [0.15, 0.2) is 0 Å². The van der Waals surface area contributed by atoms with Crippen molar-refractivity contribution in [2.45, 2.75) is 33.6 Å². The standard InChI is InChI=1S/C19H24N2O/c1-5-22-19-11-15(4)16(12-18(19)14(2)3)13-20-21-17-9-7-6-8-10-17/h6-14,21H,5H2,1-4H3/b20-13+. The Kier molecular flexibility index (Phi) is 5.59. The van der Waals surface area contributed by atoms with E-state index in [1.165, 1.54) is 5.56 Å². The summed E-state index contributed by atoms with van der Waals surface area (Å²) in [6.45, 7) is 9.13. The van der Waals surface area contributed by atoms with Crippen LogP contribution in [0.5, 0.6) is 5.75 Å². The van der Waals surface area contributed by atoms with Gasteiger partial charge in [0.1, 0.15) is 5.75 Å². The van der Waals surface area contributed by atoms with Crippen LogP contribution in [-0.4, -0.2) is 12.8 Å². The molecule has 2 rings (SSSR count). The Hall–Kier alpha value is -2.29. The van der Waals surface area contributed by atoms with E-state index >= 15 is 0 Å². The molecule has 1 N–H and O–H groups in total. The van der Waals surface area contributed by atoms with Crippen LogP contribution in [0.1, 0.15) is 43.4 Å². The number of ether oxygens (including phenoxy) is 1. The van der Waals surface area contributed by atoms with Gasteiger partial charge in [0.2, 0.25) is 0 Å². The van der Waals surface area contributed by atoms with E-state index in [-0.39, 0.29) is 0 Å². The lowest BCUT2D eigenvalue weighted by molar-refractivity contribution is 0.335. The van der Waals surface area contributed by atoms with Gasteiger partial charge in [-0.2, -0.15) is 5.10 Å². The molecule has 0 aliphatic heterocycles. The first-order chi connectivity index (χ1) is 10.6. The van der Waals surface area contributed by atoms with E-state index in [1.807, 2.05) is 43.5 Å². The van der Waals surface area contributed by atoms with Gasteiger partial charge in [-0.05, 0) is 60.7 Å². The van der Waals surface area contributed by atoms with Crippen LogP contribution in [0.3, 0.4) is 0 Å². The second kappa shape index (κ2) is 7.64. The smallest absolute Gasteiger partial charge is 0.123 e. The highest BCUT2D eigenvalue weighted by molar-refractivity contribution is 5.83. The van der Waals surface area contributed by atoms with E-state index in [2.05, 4.69) is 43.4 Å². The van der Waals surface area contributed by atoms with Gasteiger partial charge in [-0.15, -0.1) is 0 Å². The maximum Gasteiger partial charge on any atom is 0.123 e. The van der Waals surface area contributed by atoms with E-state index in [0.29, 0.717) is 12.5 Å². The number of anilines is 1. The number of nitrogens with one attached hydrogen (secondary N) is 1. The molecule has 0 fully saturated rings. The minimum atomic E-state index is 0.413. The molecule has 2 aromatic carbocycles. The first-order valence-corrected chi connectivity index (χ1v) is 7.73. The topological polar surface area (TPSA) is 33.6 Å². The Labute approximate surface area is 133 Å². The maximum absolute atomic E-state index is 5.75. The molecule has 0 atom stereocenters. The highest BCUT2D eigenvalue weighted by Gasteiger charge is 2.10. The summed E-state index contributed by atoms with van der Waals surface area (Å²) in [5.74, 6) is 1.39. The van der Waals surface area contributed by atoms with Crippen LogP contribution >= 0.6 is 0 Å². The molecule has 0 unspecified atom stereocenters. The number of hydrogen-bond acceptors (Lipinski definition) is 3. The van der Waals surface area contributed by atoms with Crippen molar-refractivity contribution in [3.63, 3.8) is 0 Å². The SMILES string of the molecule is CCOc1cc(C)c(/C=N/Nc2ccccc2)cc1C(C)C. The molecule has 116 valence electrons. The Bertz CT molecular complexity index is 633. The molecule has 0 heterocycles. The fourth-order valence-electron chi connectivity index (χ4n) is 2.28. The number of benzene rings is 2. The Morgan fingerprint density at radius 3 is 2.55 bits per heavy atom. The van der Waals surface area contributed by atoms with Gasteiger partial charge in [-0.3, -0.25) is 5.43 Å². The molecule has 0 bridgehead atoms. The molecule has 0 aliphatic carbocycles. The summed E-state index contributed by atoms with van der Waals surface area (Å²) in [6, 6.07) is 14.2. The molecule has 0 aliphatic rings. The fourth-order valence-corrected chi connectivity index (χ4v) is 2.28. The van der Waals surface area contributed by atoms with Gasteiger partial charge >= 0.3 is 0 Å². The van der Waals surface area contributed by atoms with Gasteiger partial charge in [0.05, 0.1) is 18.5 Å². The first kappa shape index (κ1) is 16.1. The van der Waals surface area contributed by atoms with Crippen molar-refractivity contribution in [3.8, 4) is 5.75 Å². The molecular weight excluding hydrogens is 272 g/mol. The van der Waals surface area contributed by atoms with Crippen LogP contribution in [0.2, 0.25) is 0 Å². The summed E-state index contributed by atoms with van der Waals surface area (Å²) >= 11 is 0. The molecule has 0 radical (unpaired) electrons. The predicted molar refractivity (Wildman–Crippen MR) is 94.1 cm³/mol. The third kappa shape index (κ3) is 4.10. The summed E-state index contributed by atoms with van der Waals surface area (Å²) in [6.07, 6.45) is 1.87. The molecule has 22 heavy (non-hydrogen) atoms. The van der Waals surface area contributed by atoms with Crippen LogP contribution in [0, 0.1) is 6.92 Å². The van der Waals surface area contributed by atoms with Crippen LogP contribution in [-0.2, 0) is 0 Å². The second-order valence-corrected chi connectivity index (χ2v) is 5.57. The van der Waals surface area contributed by atoms with Crippen molar-refractivity contribution in [1.29, 1.82) is 0 Å². The Balaban J connectivity index is 2.21. The van der Waals surface area contributed by atoms with Crippen molar-refractivity contribution < 1.29 is 4.74 Å². The summed E-state index contributed by atoms with van der Waals surface area (Å²) in [5.41, 5.74) is 7.51. The summed E-state index contributed by atoms with van der Waals surface area (Å²) in [4.78, 5) is 0. The fraction of sp³-hybridized carbons (Fsp3) is 0.316. The van der Waals surface area contributed by atoms with Crippen molar-refractivity contribution in [2.24, 2.45) is 5.10 Å². The largest absolute Gasteiger partial charge is 0.494 e. The summed E-state index contributed by atoms with van der Waals surface area (Å²) in [7, 11) is 0. The first-order valence-electron chi connectivity index (χ1n) is 7.73. The molecule has 0 saturated carbocycles. The van der Waals surface area contributed by atoms with Crippen molar-refractivity contribution in [1.82, 2.24) is 0 Å². The third-order valence-electron chi connectivity index (χ3n) is 3.49. The number of nitrogens with zero attached hydrogens (tertiary/aromatic N) is 1. The molecular formula is C19H24N2O. The molecule has 3 heteroatoms. The van der Waals surface area contributed by atoms with Crippen LogP contribution in [0.25, 0.3) is 0 Å². The average molecular weight is 296 g/mol. The van der Waals surface area contributed by atoms with Gasteiger partial charge in [0, 0.05) is 0 Å². The number of rotatable bonds is 6. The lowest BCUT2D eigenvalue weighted by Gasteiger charge is -2.15.